The summed E-state index contributed by atoms with van der Waals surface area (Å²) in [6, 6.07) is 6.98. The Hall–Kier alpha value is -3.25. The first-order chi connectivity index (χ1) is 16.2. The predicted molar refractivity (Wildman–Crippen MR) is 133 cm³/mol. The van der Waals surface area contributed by atoms with E-state index in [0.29, 0.717) is 23.7 Å². The molecule has 3 aromatic rings. The highest BCUT2D eigenvalue weighted by Gasteiger charge is 2.35. The summed E-state index contributed by atoms with van der Waals surface area (Å²) in [6.07, 6.45) is 0.191. The molecule has 0 spiro atoms. The van der Waals surface area contributed by atoms with Crippen LogP contribution in [-0.2, 0) is 20.0 Å². The number of imidazole rings is 1. The minimum Gasteiger partial charge on any atom is -0.349 e. The molecule has 9 nitrogen and oxygen atoms in total. The summed E-state index contributed by atoms with van der Waals surface area (Å²) in [4.78, 5) is 31.6. The molecule has 3 aromatic heterocycles. The van der Waals surface area contributed by atoms with Gasteiger partial charge in [0, 0.05) is 50.5 Å². The van der Waals surface area contributed by atoms with Crippen molar-refractivity contribution in [1.29, 1.82) is 5.26 Å². The van der Waals surface area contributed by atoms with Gasteiger partial charge in [0.05, 0.1) is 18.2 Å². The first-order valence-electron chi connectivity index (χ1n) is 12.0. The summed E-state index contributed by atoms with van der Waals surface area (Å²) in [6.45, 7) is 14.9. The zero-order valence-electron chi connectivity index (χ0n) is 21.2. The van der Waals surface area contributed by atoms with Crippen LogP contribution >= 0.6 is 0 Å². The Morgan fingerprint density at radius 3 is 2.53 bits per heavy atom. The standard InChI is InChI=1S/C25H34N8O/c1-8-31-21(11-12-26)28-22-23(29-25(34)30(7)24(22)31)33-14-16(3)32(13-17(33)4)19(6)20-10-9-15(2)18(5)27-20/h9-10,16-17,19H,8,11,13-14H2,1-7H3/t16-,17+,19?/m1/s1. The molecular weight excluding hydrogens is 428 g/mol. The van der Waals surface area contributed by atoms with Crippen LogP contribution in [0.5, 0.6) is 0 Å². The predicted octanol–water partition coefficient (Wildman–Crippen LogP) is 2.89. The van der Waals surface area contributed by atoms with E-state index in [4.69, 9.17) is 9.97 Å². The van der Waals surface area contributed by atoms with Gasteiger partial charge >= 0.3 is 5.69 Å². The number of nitriles is 1. The summed E-state index contributed by atoms with van der Waals surface area (Å²) in [5.41, 5.74) is 4.44. The van der Waals surface area contributed by atoms with Crippen molar-refractivity contribution in [2.75, 3.05) is 18.0 Å². The van der Waals surface area contributed by atoms with Gasteiger partial charge in [0.1, 0.15) is 17.0 Å². The van der Waals surface area contributed by atoms with Gasteiger partial charge in [-0.2, -0.15) is 10.2 Å². The van der Waals surface area contributed by atoms with Crippen LogP contribution in [-0.4, -0.2) is 54.2 Å². The van der Waals surface area contributed by atoms with E-state index in [9.17, 15) is 10.1 Å². The van der Waals surface area contributed by atoms with Gasteiger partial charge in [0.15, 0.2) is 5.82 Å². The van der Waals surface area contributed by atoms with Crippen molar-refractivity contribution in [3.05, 3.63) is 45.4 Å². The average Bonchev–Trinajstić information content (AvgIpc) is 3.17. The number of anilines is 1. The topological polar surface area (TPSA) is 95.9 Å². The lowest BCUT2D eigenvalue weighted by atomic mass is 10.0. The Kier molecular flexibility index (Phi) is 6.45. The van der Waals surface area contributed by atoms with Crippen LogP contribution < -0.4 is 10.6 Å². The van der Waals surface area contributed by atoms with E-state index in [0.717, 1.165) is 30.1 Å². The van der Waals surface area contributed by atoms with Crippen LogP contribution in [0.15, 0.2) is 16.9 Å². The zero-order chi connectivity index (χ0) is 24.7. The quantitative estimate of drug-likeness (QED) is 0.575. The summed E-state index contributed by atoms with van der Waals surface area (Å²) in [7, 11) is 1.72. The Morgan fingerprint density at radius 2 is 1.88 bits per heavy atom. The fraction of sp³-hybridized carbons (Fsp3) is 0.560. The maximum absolute atomic E-state index is 12.8. The number of nitrogens with zero attached hydrogens (tertiary/aromatic N) is 8. The van der Waals surface area contributed by atoms with Crippen LogP contribution in [0.2, 0.25) is 0 Å². The summed E-state index contributed by atoms with van der Waals surface area (Å²) >= 11 is 0. The van der Waals surface area contributed by atoms with Gasteiger partial charge in [-0.05, 0) is 53.2 Å². The fourth-order valence-corrected chi connectivity index (χ4v) is 5.07. The second kappa shape index (κ2) is 9.18. The molecule has 0 bridgehead atoms. The Morgan fingerprint density at radius 1 is 1.15 bits per heavy atom. The Balaban J connectivity index is 1.71. The zero-order valence-corrected chi connectivity index (χ0v) is 21.2. The lowest BCUT2D eigenvalue weighted by Gasteiger charge is -2.47. The van der Waals surface area contributed by atoms with Crippen molar-refractivity contribution in [3.63, 3.8) is 0 Å². The van der Waals surface area contributed by atoms with Gasteiger partial charge in [0.25, 0.3) is 0 Å². The van der Waals surface area contributed by atoms with Crippen molar-refractivity contribution < 1.29 is 0 Å². The van der Waals surface area contributed by atoms with Crippen LogP contribution in [0, 0.1) is 25.2 Å². The molecule has 34 heavy (non-hydrogen) atoms. The second-order valence-corrected chi connectivity index (χ2v) is 9.42. The van der Waals surface area contributed by atoms with Gasteiger partial charge in [-0.25, -0.2) is 9.78 Å². The molecule has 0 aromatic carbocycles. The number of rotatable bonds is 5. The molecule has 9 heteroatoms. The summed E-state index contributed by atoms with van der Waals surface area (Å²) in [5, 5.41) is 9.28. The average molecular weight is 463 g/mol. The smallest absolute Gasteiger partial charge is 0.349 e. The molecular formula is C25H34N8O. The molecule has 0 aliphatic carbocycles. The van der Waals surface area contributed by atoms with Gasteiger partial charge < -0.3 is 9.47 Å². The van der Waals surface area contributed by atoms with Gasteiger partial charge in [-0.3, -0.25) is 14.5 Å². The van der Waals surface area contributed by atoms with Crippen molar-refractivity contribution >= 4 is 17.0 Å². The molecule has 0 N–H and O–H groups in total. The van der Waals surface area contributed by atoms with E-state index in [-0.39, 0.29) is 30.2 Å². The normalized spacial score (nSPS) is 20.0. The third-order valence-electron chi connectivity index (χ3n) is 7.19. The number of pyridine rings is 1. The number of aryl methyl sites for hydroxylation is 4. The number of aromatic nitrogens is 5. The van der Waals surface area contributed by atoms with Crippen molar-refractivity contribution in [3.8, 4) is 6.07 Å². The molecule has 180 valence electrons. The fourth-order valence-electron chi connectivity index (χ4n) is 5.07. The molecule has 3 atom stereocenters. The maximum Gasteiger partial charge on any atom is 0.350 e. The molecule has 4 heterocycles. The Bertz CT molecular complexity index is 1320. The minimum atomic E-state index is -0.310. The third kappa shape index (κ3) is 3.96. The van der Waals surface area contributed by atoms with E-state index in [1.807, 2.05) is 11.5 Å². The molecule has 0 amide bonds. The number of hydrogen-bond donors (Lipinski definition) is 0. The molecule has 1 fully saturated rings. The minimum absolute atomic E-state index is 0.124. The highest BCUT2D eigenvalue weighted by atomic mass is 16.1. The molecule has 1 aliphatic rings. The molecule has 1 saturated heterocycles. The van der Waals surface area contributed by atoms with Crippen molar-refractivity contribution in [1.82, 2.24) is 29.0 Å². The lowest BCUT2D eigenvalue weighted by molar-refractivity contribution is 0.117. The number of fused-ring (bicyclic) bond motifs is 1. The molecule has 0 radical (unpaired) electrons. The van der Waals surface area contributed by atoms with E-state index in [1.165, 1.54) is 10.1 Å². The Labute approximate surface area is 200 Å². The largest absolute Gasteiger partial charge is 0.350 e. The SMILES string of the molecule is CCn1c(CC#N)nc2c(N3C[C@@H](C)N(C(C)c4ccc(C)c(C)n4)C[C@@H]3C)nc(=O)n(C)c21. The molecule has 4 rings (SSSR count). The van der Waals surface area contributed by atoms with E-state index in [1.54, 1.807) is 7.05 Å². The van der Waals surface area contributed by atoms with Gasteiger partial charge in [-0.1, -0.05) is 6.07 Å². The summed E-state index contributed by atoms with van der Waals surface area (Å²) < 4.78 is 3.48. The number of hydrogen-bond acceptors (Lipinski definition) is 7. The van der Waals surface area contributed by atoms with Crippen LogP contribution in [0.1, 0.15) is 56.5 Å². The molecule has 1 aliphatic heterocycles. The molecule has 1 unspecified atom stereocenters. The van der Waals surface area contributed by atoms with E-state index < -0.39 is 0 Å². The molecule has 0 saturated carbocycles. The van der Waals surface area contributed by atoms with Gasteiger partial charge in [-0.15, -0.1) is 0 Å². The number of piperazine rings is 1. The van der Waals surface area contributed by atoms with Crippen LogP contribution in [0.3, 0.4) is 0 Å². The highest BCUT2D eigenvalue weighted by Crippen LogP contribution is 2.31. The maximum atomic E-state index is 12.8. The first-order valence-corrected chi connectivity index (χ1v) is 12.0. The lowest BCUT2D eigenvalue weighted by Crippen LogP contribution is -2.57. The monoisotopic (exact) mass is 462 g/mol. The van der Waals surface area contributed by atoms with Crippen molar-refractivity contribution in [2.45, 2.75) is 72.6 Å². The highest BCUT2D eigenvalue weighted by molar-refractivity contribution is 5.84. The van der Waals surface area contributed by atoms with Crippen molar-refractivity contribution in [2.24, 2.45) is 7.05 Å². The third-order valence-corrected chi connectivity index (χ3v) is 7.19. The second-order valence-electron chi connectivity index (χ2n) is 9.42. The van der Waals surface area contributed by atoms with E-state index >= 15 is 0 Å². The summed E-state index contributed by atoms with van der Waals surface area (Å²) in [5.74, 6) is 1.28. The van der Waals surface area contributed by atoms with E-state index in [2.05, 4.69) is 67.6 Å². The van der Waals surface area contributed by atoms with Crippen LogP contribution in [0.4, 0.5) is 5.82 Å². The first kappa shape index (κ1) is 23.9. The van der Waals surface area contributed by atoms with Gasteiger partial charge in [0.2, 0.25) is 0 Å². The van der Waals surface area contributed by atoms with Crippen LogP contribution in [0.25, 0.3) is 11.2 Å².